The molecule has 152 valence electrons. The van der Waals surface area contributed by atoms with E-state index in [2.05, 4.69) is 0 Å². The first kappa shape index (κ1) is 20.5. The van der Waals surface area contributed by atoms with Crippen LogP contribution in [0.2, 0.25) is 0 Å². The average Bonchev–Trinajstić information content (AvgIpc) is 2.98. The van der Waals surface area contributed by atoms with Gasteiger partial charge in [-0.2, -0.15) is 0 Å². The summed E-state index contributed by atoms with van der Waals surface area (Å²) in [6.45, 7) is 0.572. The maximum atomic E-state index is 14.6. The van der Waals surface area contributed by atoms with E-state index in [4.69, 9.17) is 9.47 Å². The number of ketones is 1. The first-order valence-electron chi connectivity index (χ1n) is 9.15. The van der Waals surface area contributed by atoms with Gasteiger partial charge in [0.15, 0.2) is 0 Å². The highest BCUT2D eigenvalue weighted by molar-refractivity contribution is 6.46. The summed E-state index contributed by atoms with van der Waals surface area (Å²) >= 11 is 0. The van der Waals surface area contributed by atoms with E-state index in [1.165, 1.54) is 37.3 Å². The quantitative estimate of drug-likeness (QED) is 0.335. The molecule has 0 bridgehead atoms. The Balaban J connectivity index is 2.12. The molecule has 6 nitrogen and oxygen atoms in total. The maximum absolute atomic E-state index is 14.6. The van der Waals surface area contributed by atoms with Crippen LogP contribution in [0.15, 0.2) is 54.1 Å². The van der Waals surface area contributed by atoms with Gasteiger partial charge >= 0.3 is 0 Å². The number of ether oxygens (including phenoxy) is 2. The summed E-state index contributed by atoms with van der Waals surface area (Å²) in [7, 11) is 3.05. The molecule has 2 aromatic rings. The molecule has 1 heterocycles. The number of Topliss-reactive ketones (excluding diaryl/α,β-unsaturated/α-hetero) is 1. The molecule has 2 aromatic carbocycles. The van der Waals surface area contributed by atoms with E-state index in [1.807, 2.05) is 0 Å². The van der Waals surface area contributed by atoms with Crippen LogP contribution in [0.5, 0.6) is 5.75 Å². The molecule has 0 aromatic heterocycles. The van der Waals surface area contributed by atoms with Gasteiger partial charge in [0.25, 0.3) is 11.7 Å². The van der Waals surface area contributed by atoms with Crippen LogP contribution in [0.25, 0.3) is 5.76 Å². The minimum atomic E-state index is -1.02. The first-order chi connectivity index (χ1) is 14.0. The van der Waals surface area contributed by atoms with Gasteiger partial charge < -0.3 is 19.5 Å². The van der Waals surface area contributed by atoms with E-state index < -0.39 is 23.5 Å². The van der Waals surface area contributed by atoms with Crippen molar-refractivity contribution in [2.24, 2.45) is 0 Å². The Bertz CT molecular complexity index is 938. The van der Waals surface area contributed by atoms with Gasteiger partial charge in [-0.25, -0.2) is 4.39 Å². The predicted molar refractivity (Wildman–Crippen MR) is 105 cm³/mol. The second kappa shape index (κ2) is 8.87. The third-order valence-electron chi connectivity index (χ3n) is 4.85. The summed E-state index contributed by atoms with van der Waals surface area (Å²) in [6.07, 6.45) is 0.469. The lowest BCUT2D eigenvalue weighted by atomic mass is 9.95. The molecular formula is C22H22FNO5. The molecule has 0 saturated carbocycles. The van der Waals surface area contributed by atoms with Crippen molar-refractivity contribution >= 4 is 17.4 Å². The number of benzene rings is 2. The number of hydrogen-bond acceptors (Lipinski definition) is 5. The largest absolute Gasteiger partial charge is 0.507 e. The number of aliphatic hydroxyl groups excluding tert-OH is 1. The van der Waals surface area contributed by atoms with Crippen molar-refractivity contribution in [1.29, 1.82) is 0 Å². The van der Waals surface area contributed by atoms with Gasteiger partial charge in [-0.3, -0.25) is 9.59 Å². The number of hydrogen-bond donors (Lipinski definition) is 1. The van der Waals surface area contributed by atoms with Gasteiger partial charge in [-0.1, -0.05) is 18.2 Å². The van der Waals surface area contributed by atoms with Crippen molar-refractivity contribution in [3.8, 4) is 5.75 Å². The average molecular weight is 399 g/mol. The second-order valence-corrected chi connectivity index (χ2v) is 6.59. The van der Waals surface area contributed by atoms with Crippen LogP contribution < -0.4 is 4.74 Å². The Kier molecular flexibility index (Phi) is 6.29. The lowest BCUT2D eigenvalue weighted by molar-refractivity contribution is -0.140. The van der Waals surface area contributed by atoms with Crippen LogP contribution in [0.4, 0.5) is 4.39 Å². The van der Waals surface area contributed by atoms with Crippen molar-refractivity contribution in [2.75, 3.05) is 27.4 Å². The highest BCUT2D eigenvalue weighted by atomic mass is 19.1. The fourth-order valence-electron chi connectivity index (χ4n) is 3.41. The first-order valence-corrected chi connectivity index (χ1v) is 9.15. The predicted octanol–water partition coefficient (Wildman–Crippen LogP) is 3.29. The van der Waals surface area contributed by atoms with Gasteiger partial charge in [0.2, 0.25) is 0 Å². The van der Waals surface area contributed by atoms with E-state index in [0.29, 0.717) is 24.3 Å². The molecule has 1 aliphatic heterocycles. The van der Waals surface area contributed by atoms with Crippen molar-refractivity contribution in [1.82, 2.24) is 4.90 Å². The van der Waals surface area contributed by atoms with Crippen LogP contribution in [0.3, 0.4) is 0 Å². The van der Waals surface area contributed by atoms with E-state index >= 15 is 0 Å². The van der Waals surface area contributed by atoms with Gasteiger partial charge in [0, 0.05) is 31.4 Å². The minimum absolute atomic E-state index is 0.136. The lowest BCUT2D eigenvalue weighted by Gasteiger charge is -2.25. The molecule has 1 unspecified atom stereocenters. The molecule has 1 fully saturated rings. The summed E-state index contributed by atoms with van der Waals surface area (Å²) < 4.78 is 24.7. The Morgan fingerprint density at radius 2 is 1.79 bits per heavy atom. The monoisotopic (exact) mass is 399 g/mol. The summed E-state index contributed by atoms with van der Waals surface area (Å²) in [4.78, 5) is 26.8. The zero-order chi connectivity index (χ0) is 21.0. The number of carbonyl (C=O) groups is 2. The van der Waals surface area contributed by atoms with E-state index in [-0.39, 0.29) is 23.4 Å². The van der Waals surface area contributed by atoms with Gasteiger partial charge in [0.05, 0.1) is 18.7 Å². The summed E-state index contributed by atoms with van der Waals surface area (Å²) in [5.74, 6) is -1.95. The molecule has 29 heavy (non-hydrogen) atoms. The number of amides is 1. The molecule has 0 radical (unpaired) electrons. The van der Waals surface area contributed by atoms with E-state index in [9.17, 15) is 19.1 Å². The van der Waals surface area contributed by atoms with Crippen LogP contribution in [0, 0.1) is 5.82 Å². The topological polar surface area (TPSA) is 76.1 Å². The summed E-state index contributed by atoms with van der Waals surface area (Å²) in [5, 5.41) is 10.9. The van der Waals surface area contributed by atoms with Gasteiger partial charge in [0.1, 0.15) is 17.3 Å². The molecule has 1 saturated heterocycles. The third-order valence-corrected chi connectivity index (χ3v) is 4.85. The summed E-state index contributed by atoms with van der Waals surface area (Å²) in [5.41, 5.74) is 0.351. The van der Waals surface area contributed by atoms with Crippen molar-refractivity contribution in [3.05, 3.63) is 71.0 Å². The number of aliphatic hydroxyl groups is 1. The number of carbonyl (C=O) groups excluding carboxylic acids is 2. The molecule has 1 N–H and O–H groups in total. The van der Waals surface area contributed by atoms with Crippen molar-refractivity contribution in [3.63, 3.8) is 0 Å². The van der Waals surface area contributed by atoms with Gasteiger partial charge in [-0.05, 0) is 36.8 Å². The molecule has 0 aliphatic carbocycles. The Morgan fingerprint density at radius 1 is 1.10 bits per heavy atom. The maximum Gasteiger partial charge on any atom is 0.295 e. The third kappa shape index (κ3) is 4.00. The number of likely N-dealkylation sites (tertiary alicyclic amines) is 1. The Hall–Kier alpha value is -3.19. The highest BCUT2D eigenvalue weighted by Crippen LogP contribution is 2.40. The molecule has 1 atom stereocenters. The summed E-state index contributed by atoms with van der Waals surface area (Å²) in [6, 6.07) is 11.3. The van der Waals surface area contributed by atoms with Crippen LogP contribution in [-0.4, -0.2) is 49.1 Å². The standard InChI is InChI=1S/C22H22FNO5/c1-28-13-5-12-24-19(16-6-3-4-7-17(16)23)18(21(26)22(24)27)20(25)14-8-10-15(29-2)11-9-14/h3-4,6-11,19,25H,5,12-13H2,1-2H3. The second-order valence-electron chi connectivity index (χ2n) is 6.59. The van der Waals surface area contributed by atoms with Crippen LogP contribution in [0.1, 0.15) is 23.6 Å². The van der Waals surface area contributed by atoms with Crippen LogP contribution >= 0.6 is 0 Å². The zero-order valence-electron chi connectivity index (χ0n) is 16.2. The van der Waals surface area contributed by atoms with E-state index in [0.717, 1.165) is 0 Å². The SMILES string of the molecule is COCCCN1C(=O)C(=O)C(=C(O)c2ccc(OC)cc2)C1c1ccccc1F. The van der Waals surface area contributed by atoms with Gasteiger partial charge in [-0.15, -0.1) is 0 Å². The van der Waals surface area contributed by atoms with Crippen LogP contribution in [-0.2, 0) is 14.3 Å². The smallest absolute Gasteiger partial charge is 0.295 e. The normalized spacial score (nSPS) is 18.3. The number of nitrogens with zero attached hydrogens (tertiary/aromatic N) is 1. The highest BCUT2D eigenvalue weighted by Gasteiger charge is 2.46. The number of methoxy groups -OCH3 is 2. The van der Waals surface area contributed by atoms with Crippen molar-refractivity contribution in [2.45, 2.75) is 12.5 Å². The molecule has 0 spiro atoms. The fourth-order valence-corrected chi connectivity index (χ4v) is 3.41. The molecule has 7 heteroatoms. The molecule has 1 amide bonds. The zero-order valence-corrected chi connectivity index (χ0v) is 16.2. The number of halogens is 1. The number of rotatable bonds is 7. The lowest BCUT2D eigenvalue weighted by Crippen LogP contribution is -2.31. The molecular weight excluding hydrogens is 377 g/mol. The van der Waals surface area contributed by atoms with E-state index in [1.54, 1.807) is 30.3 Å². The fraction of sp³-hybridized carbons (Fsp3) is 0.273. The minimum Gasteiger partial charge on any atom is -0.507 e. The molecule has 1 aliphatic rings. The van der Waals surface area contributed by atoms with Crippen molar-refractivity contribution < 1.29 is 28.6 Å². The molecule has 3 rings (SSSR count). The Labute approximate surface area is 168 Å². The Morgan fingerprint density at radius 3 is 2.41 bits per heavy atom.